The zero-order valence-corrected chi connectivity index (χ0v) is 18.3. The molecule has 0 bridgehead atoms. The van der Waals surface area contributed by atoms with Crippen LogP contribution in [0.5, 0.6) is 0 Å². The monoisotopic (exact) mass is 429 g/mol. The first-order chi connectivity index (χ1) is 15.1. The minimum Gasteiger partial charge on any atom is -0.481 e. The van der Waals surface area contributed by atoms with Gasteiger partial charge in [-0.25, -0.2) is 4.98 Å². The number of amides is 1. The predicted molar refractivity (Wildman–Crippen MR) is 121 cm³/mol. The van der Waals surface area contributed by atoms with Gasteiger partial charge in [0.15, 0.2) is 0 Å². The van der Waals surface area contributed by atoms with Gasteiger partial charge >= 0.3 is 5.97 Å². The molecule has 1 amide bonds. The number of pyridine rings is 1. The maximum Gasteiger partial charge on any atom is 0.303 e. The summed E-state index contributed by atoms with van der Waals surface area (Å²) in [6, 6.07) is 4.11. The number of aromatic nitrogens is 1. The molecule has 1 aromatic rings. The van der Waals surface area contributed by atoms with Crippen molar-refractivity contribution in [3.8, 4) is 0 Å². The van der Waals surface area contributed by atoms with Crippen LogP contribution in [0.15, 0.2) is 12.1 Å². The van der Waals surface area contributed by atoms with Crippen LogP contribution in [0.2, 0.25) is 0 Å². The molecular formula is C23H35N5O3. The van der Waals surface area contributed by atoms with Crippen molar-refractivity contribution in [2.45, 2.75) is 57.4 Å². The lowest BCUT2D eigenvalue weighted by Gasteiger charge is -2.35. The van der Waals surface area contributed by atoms with Crippen LogP contribution in [-0.2, 0) is 4.79 Å². The number of anilines is 2. The quantitative estimate of drug-likeness (QED) is 0.638. The summed E-state index contributed by atoms with van der Waals surface area (Å²) in [5.41, 5.74) is 0.648. The fraction of sp³-hybridized carbons (Fsp3) is 0.696. The summed E-state index contributed by atoms with van der Waals surface area (Å²) in [5.74, 6) is 0.980. The van der Waals surface area contributed by atoms with Gasteiger partial charge in [-0.3, -0.25) is 9.59 Å². The molecule has 4 rings (SSSR count). The van der Waals surface area contributed by atoms with E-state index in [0.717, 1.165) is 70.0 Å². The van der Waals surface area contributed by atoms with Crippen molar-refractivity contribution in [2.75, 3.05) is 49.1 Å². The average Bonchev–Trinajstić information content (AvgIpc) is 2.80. The number of hydrogen-bond acceptors (Lipinski definition) is 6. The third kappa shape index (κ3) is 5.67. The summed E-state index contributed by atoms with van der Waals surface area (Å²) >= 11 is 0. The van der Waals surface area contributed by atoms with Gasteiger partial charge in [0.05, 0.1) is 5.56 Å². The standard InChI is InChI=1S/C23H35N5O3/c29-21(30)15-17-5-4-12-28(16-17)20-9-8-19(22(26-20)27-13-10-24-11-14-27)23(31)25-18-6-2-1-3-7-18/h8-9,17-18,24H,1-7,10-16H2,(H,25,31)(H,29,30). The lowest BCUT2D eigenvalue weighted by atomic mass is 9.95. The van der Waals surface area contributed by atoms with Gasteiger partial charge in [-0.2, -0.15) is 0 Å². The number of aliphatic carboxylic acids is 1. The van der Waals surface area contributed by atoms with Gasteiger partial charge in [-0.05, 0) is 43.7 Å². The SMILES string of the molecule is O=C(O)CC1CCCN(c2ccc(C(=O)NC3CCCCC3)c(N3CCNCC3)n2)C1. The van der Waals surface area contributed by atoms with Crippen molar-refractivity contribution in [3.05, 3.63) is 17.7 Å². The van der Waals surface area contributed by atoms with E-state index in [0.29, 0.717) is 12.1 Å². The van der Waals surface area contributed by atoms with E-state index in [1.807, 2.05) is 12.1 Å². The van der Waals surface area contributed by atoms with Gasteiger partial charge in [0.1, 0.15) is 11.6 Å². The van der Waals surface area contributed by atoms with E-state index in [2.05, 4.69) is 20.4 Å². The Morgan fingerprint density at radius 1 is 1.03 bits per heavy atom. The highest BCUT2D eigenvalue weighted by Crippen LogP contribution is 2.28. The van der Waals surface area contributed by atoms with Crippen molar-refractivity contribution >= 4 is 23.5 Å². The highest BCUT2D eigenvalue weighted by Gasteiger charge is 2.27. The Balaban J connectivity index is 1.55. The summed E-state index contributed by atoms with van der Waals surface area (Å²) in [6.45, 7) is 4.97. The van der Waals surface area contributed by atoms with Crippen LogP contribution in [0.4, 0.5) is 11.6 Å². The summed E-state index contributed by atoms with van der Waals surface area (Å²) in [4.78, 5) is 33.7. The Morgan fingerprint density at radius 2 is 1.81 bits per heavy atom. The van der Waals surface area contributed by atoms with Crippen molar-refractivity contribution in [3.63, 3.8) is 0 Å². The molecule has 1 unspecified atom stereocenters. The zero-order valence-electron chi connectivity index (χ0n) is 18.3. The van der Waals surface area contributed by atoms with Crippen LogP contribution < -0.4 is 20.4 Å². The third-order valence-corrected chi connectivity index (χ3v) is 6.77. The molecule has 1 aromatic heterocycles. The van der Waals surface area contributed by atoms with E-state index < -0.39 is 5.97 Å². The van der Waals surface area contributed by atoms with E-state index >= 15 is 0 Å². The lowest BCUT2D eigenvalue weighted by Crippen LogP contribution is -2.45. The van der Waals surface area contributed by atoms with Crippen LogP contribution >= 0.6 is 0 Å². The van der Waals surface area contributed by atoms with E-state index in [-0.39, 0.29) is 24.3 Å². The molecule has 31 heavy (non-hydrogen) atoms. The van der Waals surface area contributed by atoms with Crippen LogP contribution in [-0.4, -0.2) is 67.3 Å². The second-order valence-electron chi connectivity index (χ2n) is 9.14. The number of carbonyl (C=O) groups is 2. The van der Waals surface area contributed by atoms with Crippen LogP contribution in [0.3, 0.4) is 0 Å². The summed E-state index contributed by atoms with van der Waals surface area (Å²) in [5, 5.41) is 15.8. The molecule has 1 aliphatic carbocycles. The molecule has 3 aliphatic rings. The number of nitrogens with one attached hydrogen (secondary N) is 2. The predicted octanol–water partition coefficient (Wildman–Crippen LogP) is 2.24. The molecule has 1 atom stereocenters. The number of rotatable bonds is 6. The highest BCUT2D eigenvalue weighted by molar-refractivity contribution is 5.99. The van der Waals surface area contributed by atoms with Crippen molar-refractivity contribution in [1.82, 2.24) is 15.6 Å². The molecule has 2 aliphatic heterocycles. The Labute approximate surface area is 184 Å². The van der Waals surface area contributed by atoms with Crippen molar-refractivity contribution in [2.24, 2.45) is 5.92 Å². The highest BCUT2D eigenvalue weighted by atomic mass is 16.4. The molecule has 3 heterocycles. The second-order valence-corrected chi connectivity index (χ2v) is 9.14. The molecule has 170 valence electrons. The van der Waals surface area contributed by atoms with Gasteiger partial charge in [-0.1, -0.05) is 19.3 Å². The fourth-order valence-electron chi connectivity index (χ4n) is 5.11. The van der Waals surface area contributed by atoms with E-state index in [1.165, 1.54) is 19.3 Å². The van der Waals surface area contributed by atoms with E-state index in [4.69, 9.17) is 4.98 Å². The molecule has 3 N–H and O–H groups in total. The number of carboxylic acid groups (broad SMARTS) is 1. The minimum absolute atomic E-state index is 0.0260. The first-order valence-corrected chi connectivity index (χ1v) is 11.8. The van der Waals surface area contributed by atoms with E-state index in [1.54, 1.807) is 0 Å². The molecule has 0 spiro atoms. The Hall–Kier alpha value is -2.35. The van der Waals surface area contributed by atoms with Gasteiger partial charge in [0.2, 0.25) is 0 Å². The van der Waals surface area contributed by atoms with Crippen LogP contribution in [0, 0.1) is 5.92 Å². The largest absolute Gasteiger partial charge is 0.481 e. The smallest absolute Gasteiger partial charge is 0.303 e. The molecule has 8 nitrogen and oxygen atoms in total. The molecule has 8 heteroatoms. The number of piperazine rings is 1. The van der Waals surface area contributed by atoms with Crippen LogP contribution in [0.25, 0.3) is 0 Å². The van der Waals surface area contributed by atoms with Gasteiger partial charge in [-0.15, -0.1) is 0 Å². The van der Waals surface area contributed by atoms with E-state index in [9.17, 15) is 14.7 Å². The van der Waals surface area contributed by atoms with Crippen LogP contribution in [0.1, 0.15) is 61.7 Å². The number of carbonyl (C=O) groups excluding carboxylic acids is 1. The Morgan fingerprint density at radius 3 is 2.55 bits per heavy atom. The molecule has 1 saturated carbocycles. The maximum atomic E-state index is 13.2. The third-order valence-electron chi connectivity index (χ3n) is 6.77. The first kappa shape index (κ1) is 21.9. The fourth-order valence-corrected chi connectivity index (χ4v) is 5.11. The molecule has 0 aromatic carbocycles. The van der Waals surface area contributed by atoms with Crippen molar-refractivity contribution < 1.29 is 14.7 Å². The Bertz CT molecular complexity index is 774. The normalized spacial score (nSPS) is 22.9. The number of carboxylic acids is 1. The summed E-state index contributed by atoms with van der Waals surface area (Å²) < 4.78 is 0. The molecule has 2 saturated heterocycles. The minimum atomic E-state index is -0.740. The molecule has 0 radical (unpaired) electrons. The number of nitrogens with zero attached hydrogens (tertiary/aromatic N) is 3. The number of hydrogen-bond donors (Lipinski definition) is 3. The zero-order chi connectivity index (χ0) is 21.6. The molecule has 3 fully saturated rings. The summed E-state index contributed by atoms with van der Waals surface area (Å²) in [7, 11) is 0. The lowest BCUT2D eigenvalue weighted by molar-refractivity contribution is -0.138. The average molecular weight is 430 g/mol. The van der Waals surface area contributed by atoms with Gasteiger partial charge < -0.3 is 25.5 Å². The first-order valence-electron chi connectivity index (χ1n) is 11.8. The topological polar surface area (TPSA) is 97.8 Å². The second kappa shape index (κ2) is 10.3. The molecular weight excluding hydrogens is 394 g/mol. The number of piperidine rings is 1. The Kier molecular flexibility index (Phi) is 7.27. The maximum absolute atomic E-state index is 13.2. The van der Waals surface area contributed by atoms with Gasteiger partial charge in [0, 0.05) is 51.7 Å². The summed E-state index contributed by atoms with van der Waals surface area (Å²) in [6.07, 6.45) is 7.83. The van der Waals surface area contributed by atoms with Gasteiger partial charge in [0.25, 0.3) is 5.91 Å². The van der Waals surface area contributed by atoms with Crippen molar-refractivity contribution in [1.29, 1.82) is 0 Å².